The Labute approximate surface area is 417 Å². The number of aryl methyl sites for hydroxylation is 1. The maximum atomic E-state index is 13.8. The van der Waals surface area contributed by atoms with Gasteiger partial charge in [-0.1, -0.05) is 56.9 Å². The highest BCUT2D eigenvalue weighted by molar-refractivity contribution is 7.13. The molecule has 7 rings (SSSR count). The van der Waals surface area contributed by atoms with Crippen molar-refractivity contribution in [1.82, 2.24) is 34.9 Å². The second-order valence-corrected chi connectivity index (χ2v) is 18.5. The number of aromatic nitrogens is 4. The van der Waals surface area contributed by atoms with E-state index in [1.807, 2.05) is 43.6 Å². The van der Waals surface area contributed by atoms with Crippen molar-refractivity contribution >= 4 is 58.1 Å². The van der Waals surface area contributed by atoms with Crippen LogP contribution in [0.3, 0.4) is 0 Å². The number of methoxy groups -OCH3 is 1. The van der Waals surface area contributed by atoms with E-state index in [2.05, 4.69) is 31.2 Å². The molecule has 382 valence electrons. The normalized spacial score (nSPS) is 17.2. The molecule has 2 aromatic carbocycles. The van der Waals surface area contributed by atoms with Gasteiger partial charge in [0.15, 0.2) is 11.5 Å². The van der Waals surface area contributed by atoms with Crippen molar-refractivity contribution in [2.45, 2.75) is 102 Å². The number of imidazole rings is 1. The third-order valence-electron chi connectivity index (χ3n) is 12.5. The molecule has 21 heteroatoms. The van der Waals surface area contributed by atoms with Gasteiger partial charge in [0, 0.05) is 61.5 Å². The average Bonchev–Trinajstić information content (AvgIpc) is 4.17. The number of hydrogen-bond acceptors (Lipinski definition) is 16. The number of unbranched alkanes of at least 4 members (excludes halogenated alkanes) is 1. The van der Waals surface area contributed by atoms with Gasteiger partial charge in [-0.3, -0.25) is 23.6 Å². The van der Waals surface area contributed by atoms with Crippen LogP contribution in [0.15, 0.2) is 60.4 Å². The number of amides is 4. The summed E-state index contributed by atoms with van der Waals surface area (Å²) in [5.41, 5.74) is 18.2. The summed E-state index contributed by atoms with van der Waals surface area (Å²) in [6.07, 6.45) is 10.5. The highest BCUT2D eigenvalue weighted by Gasteiger charge is 2.37. The molecule has 0 unspecified atom stereocenters. The van der Waals surface area contributed by atoms with Gasteiger partial charge in [-0.15, -0.1) is 11.3 Å². The van der Waals surface area contributed by atoms with Gasteiger partial charge in [-0.2, -0.15) is 4.98 Å². The van der Waals surface area contributed by atoms with E-state index < -0.39 is 23.9 Å². The summed E-state index contributed by atoms with van der Waals surface area (Å²) >= 11 is 1.59. The first kappa shape index (κ1) is 52.4. The quantitative estimate of drug-likeness (QED) is 0.0374. The van der Waals surface area contributed by atoms with Gasteiger partial charge in [0.2, 0.25) is 23.7 Å². The number of nitrogens with zero attached hydrogens (tertiary/aromatic N) is 5. The number of nitrogens with one attached hydrogen (secondary N) is 4. The molecule has 4 atom stereocenters. The first-order valence-electron chi connectivity index (χ1n) is 24.4. The van der Waals surface area contributed by atoms with Crippen molar-refractivity contribution in [3.05, 3.63) is 77.2 Å². The Hall–Kier alpha value is -6.39. The standard InChI is InChI=1S/C50H67N11O9S/c1-4-5-10-40(49(65)60-18-8-12-41(60)48(64)54-29-33-13-15-34(16-14-33)44-32(2)55-31-71-44)57-42(62)30-69-23-22-67-20-21-68-24-25-70-37-27-35(26-36(28-37)66-3)56-46-43(45(52)63)47-53-17-19-61(47)50(59-46)58-39-11-7-6-9-38(39)51/h13-17,19,26-28,31,38-41,56H,4-12,18,20-25,29-30,51H2,1-3H3,(H2,52,63)(H,54,64)(H,57,62)(H,58,59)/t38-,39+,40+,41+/m1/s1. The second-order valence-electron chi connectivity index (χ2n) is 17.6. The van der Waals surface area contributed by atoms with Crippen molar-refractivity contribution in [3.63, 3.8) is 0 Å². The molecule has 4 amide bonds. The molecule has 0 radical (unpaired) electrons. The van der Waals surface area contributed by atoms with Crippen LogP contribution in [-0.4, -0.2) is 132 Å². The van der Waals surface area contributed by atoms with Gasteiger partial charge in [0.05, 0.1) is 56.2 Å². The van der Waals surface area contributed by atoms with Crippen LogP contribution >= 0.6 is 11.3 Å². The molecule has 1 saturated heterocycles. The number of nitrogens with two attached hydrogens (primary N) is 2. The fraction of sp³-hybridized carbons (Fsp3) is 0.500. The van der Waals surface area contributed by atoms with Crippen LogP contribution in [0.1, 0.15) is 86.3 Å². The van der Waals surface area contributed by atoms with Crippen molar-refractivity contribution in [2.24, 2.45) is 11.5 Å². The Bertz CT molecular complexity index is 2560. The number of ether oxygens (including phenoxy) is 5. The van der Waals surface area contributed by atoms with E-state index >= 15 is 0 Å². The summed E-state index contributed by atoms with van der Waals surface area (Å²) in [4.78, 5) is 69.1. The van der Waals surface area contributed by atoms with E-state index in [4.69, 9.17) is 40.1 Å². The predicted octanol–water partition coefficient (Wildman–Crippen LogP) is 5.11. The minimum absolute atomic E-state index is 0.00823. The highest BCUT2D eigenvalue weighted by Crippen LogP contribution is 2.32. The molecule has 1 aliphatic carbocycles. The van der Waals surface area contributed by atoms with Crippen LogP contribution in [-0.2, 0) is 35.1 Å². The van der Waals surface area contributed by atoms with Gasteiger partial charge >= 0.3 is 0 Å². The van der Waals surface area contributed by atoms with Crippen LogP contribution in [0, 0.1) is 6.92 Å². The number of carbonyl (C=O) groups excluding carboxylic acids is 4. The number of rotatable bonds is 27. The van der Waals surface area contributed by atoms with E-state index in [0.29, 0.717) is 74.3 Å². The minimum atomic E-state index is -0.762. The number of fused-ring (bicyclic) bond motifs is 1. The molecule has 8 N–H and O–H groups in total. The molecule has 2 aliphatic rings. The van der Waals surface area contributed by atoms with Crippen LogP contribution < -0.4 is 42.2 Å². The Morgan fingerprint density at radius 3 is 2.38 bits per heavy atom. The lowest BCUT2D eigenvalue weighted by atomic mass is 9.91. The molecule has 1 saturated carbocycles. The topological polar surface area (TPSA) is 261 Å². The lowest BCUT2D eigenvalue weighted by Gasteiger charge is -2.30. The summed E-state index contributed by atoms with van der Waals surface area (Å²) in [7, 11) is 1.54. The van der Waals surface area contributed by atoms with Crippen molar-refractivity contribution in [3.8, 4) is 21.9 Å². The maximum absolute atomic E-state index is 13.8. The molecular formula is C50H67N11O9S. The predicted molar refractivity (Wildman–Crippen MR) is 270 cm³/mol. The Balaban J connectivity index is 0.795. The zero-order valence-corrected chi connectivity index (χ0v) is 41.6. The van der Waals surface area contributed by atoms with Crippen LogP contribution in [0.5, 0.6) is 11.5 Å². The number of hydrogen-bond donors (Lipinski definition) is 6. The average molecular weight is 998 g/mol. The first-order valence-corrected chi connectivity index (χ1v) is 25.3. The summed E-state index contributed by atoms with van der Waals surface area (Å²) in [5, 5.41) is 12.6. The largest absolute Gasteiger partial charge is 0.497 e. The number of thiazole rings is 1. The van der Waals surface area contributed by atoms with Crippen LogP contribution in [0.2, 0.25) is 0 Å². The Kier molecular flexibility index (Phi) is 19.3. The van der Waals surface area contributed by atoms with Gasteiger partial charge in [-0.05, 0) is 50.2 Å². The highest BCUT2D eigenvalue weighted by atomic mass is 32.1. The smallest absolute Gasteiger partial charge is 0.256 e. The Morgan fingerprint density at radius 1 is 0.915 bits per heavy atom. The number of carbonyl (C=O) groups is 4. The van der Waals surface area contributed by atoms with Crippen molar-refractivity contribution in [2.75, 3.05) is 70.5 Å². The fourth-order valence-corrected chi connectivity index (χ4v) is 9.59. The third-order valence-corrected chi connectivity index (χ3v) is 13.5. The number of benzene rings is 2. The molecule has 2 fully saturated rings. The van der Waals surface area contributed by atoms with Gasteiger partial charge in [0.25, 0.3) is 5.91 Å². The summed E-state index contributed by atoms with van der Waals surface area (Å²) in [6, 6.07) is 11.9. The van der Waals surface area contributed by atoms with Gasteiger partial charge < -0.3 is 61.3 Å². The maximum Gasteiger partial charge on any atom is 0.256 e. The lowest BCUT2D eigenvalue weighted by Crippen LogP contribution is -2.53. The fourth-order valence-electron chi connectivity index (χ4n) is 8.77. The SMILES string of the molecule is CCCC[C@H](NC(=O)COCCOCCOCCOc1cc(Nc2nc(N[C@H]3CCCC[C@H]3N)n3ccnc3c2C(N)=O)cc(OC)c1)C(=O)N1CCC[C@H]1C(=O)NCc1ccc(-c2scnc2C)cc1. The first-order chi connectivity index (χ1) is 34.5. The number of primary amides is 1. The van der Waals surface area contributed by atoms with Crippen molar-refractivity contribution in [1.29, 1.82) is 0 Å². The van der Waals surface area contributed by atoms with Crippen molar-refractivity contribution < 1.29 is 42.9 Å². The molecule has 0 spiro atoms. The van der Waals surface area contributed by atoms with Crippen LogP contribution in [0.4, 0.5) is 17.5 Å². The van der Waals surface area contributed by atoms with E-state index in [1.54, 1.807) is 58.3 Å². The van der Waals surface area contributed by atoms with E-state index in [9.17, 15) is 19.2 Å². The number of anilines is 3. The lowest BCUT2D eigenvalue weighted by molar-refractivity contribution is -0.142. The van der Waals surface area contributed by atoms with Crippen LogP contribution in [0.25, 0.3) is 16.1 Å². The third kappa shape index (κ3) is 14.4. The molecule has 20 nitrogen and oxygen atoms in total. The molecule has 71 heavy (non-hydrogen) atoms. The van der Waals surface area contributed by atoms with E-state index in [-0.39, 0.29) is 68.3 Å². The molecule has 5 aromatic rings. The summed E-state index contributed by atoms with van der Waals surface area (Å²) in [5.74, 6) is 0.129. The molecular weight excluding hydrogens is 931 g/mol. The van der Waals surface area contributed by atoms with Gasteiger partial charge in [0.1, 0.15) is 42.4 Å². The summed E-state index contributed by atoms with van der Waals surface area (Å²) < 4.78 is 30.1. The second kappa shape index (κ2) is 26.2. The van der Waals surface area contributed by atoms with Gasteiger partial charge in [-0.25, -0.2) is 9.97 Å². The number of likely N-dealkylation sites (tertiary alicyclic amines) is 1. The van der Waals surface area contributed by atoms with E-state index in [0.717, 1.165) is 60.2 Å². The molecule has 3 aromatic heterocycles. The van der Waals surface area contributed by atoms with E-state index in [1.165, 1.54) is 0 Å². The zero-order valence-electron chi connectivity index (χ0n) is 40.8. The molecule has 1 aliphatic heterocycles. The zero-order chi connectivity index (χ0) is 50.1. The minimum Gasteiger partial charge on any atom is -0.497 e. The Morgan fingerprint density at radius 2 is 1.66 bits per heavy atom. The molecule has 0 bridgehead atoms. The monoisotopic (exact) mass is 997 g/mol. The summed E-state index contributed by atoms with van der Waals surface area (Å²) in [6.45, 7) is 6.04. The molecule has 4 heterocycles.